The van der Waals surface area contributed by atoms with Crippen molar-refractivity contribution in [2.75, 3.05) is 13.6 Å². The van der Waals surface area contributed by atoms with Gasteiger partial charge in [0.25, 0.3) is 0 Å². The minimum absolute atomic E-state index is 0.486. The molecule has 2 N–H and O–H groups in total. The minimum atomic E-state index is 0.486. The van der Waals surface area contributed by atoms with Gasteiger partial charge in [0, 0.05) is 32.3 Å². The van der Waals surface area contributed by atoms with Crippen LogP contribution in [0.2, 0.25) is 0 Å². The topological polar surface area (TPSA) is 66.6 Å². The highest BCUT2D eigenvalue weighted by molar-refractivity contribution is 5.79. The molecular weight excluding hydrogens is 348 g/mol. The molecule has 0 spiro atoms. The maximum Gasteiger partial charge on any atom is 0.191 e. The summed E-state index contributed by atoms with van der Waals surface area (Å²) in [6.07, 6.45) is 7.61. The average molecular weight is 377 g/mol. The highest BCUT2D eigenvalue weighted by Crippen LogP contribution is 2.32. The zero-order chi connectivity index (χ0) is 19.2. The molecule has 146 valence electrons. The van der Waals surface area contributed by atoms with Gasteiger partial charge in [-0.2, -0.15) is 0 Å². The van der Waals surface area contributed by atoms with E-state index in [2.05, 4.69) is 56.2 Å². The van der Waals surface area contributed by atoms with E-state index in [9.17, 15) is 0 Å². The molecule has 0 unspecified atom stereocenters. The summed E-state index contributed by atoms with van der Waals surface area (Å²) in [5.41, 5.74) is 2.36. The van der Waals surface area contributed by atoms with Crippen LogP contribution in [-0.2, 0) is 6.42 Å². The van der Waals surface area contributed by atoms with E-state index in [1.165, 1.54) is 31.2 Å². The summed E-state index contributed by atoms with van der Waals surface area (Å²) in [6.45, 7) is 0.773. The Bertz CT molecular complexity index is 909. The number of hydrogen-bond donors (Lipinski definition) is 2. The second-order valence-corrected chi connectivity index (χ2v) is 7.40. The molecule has 1 aliphatic carbocycles. The Balaban J connectivity index is 1.24. The van der Waals surface area contributed by atoms with Crippen LogP contribution in [0.5, 0.6) is 0 Å². The monoisotopic (exact) mass is 376 g/mol. The van der Waals surface area contributed by atoms with Crippen molar-refractivity contribution in [2.24, 2.45) is 4.99 Å². The van der Waals surface area contributed by atoms with Crippen molar-refractivity contribution in [1.82, 2.24) is 25.2 Å². The van der Waals surface area contributed by atoms with Crippen molar-refractivity contribution in [3.8, 4) is 0 Å². The number of fused-ring (bicyclic) bond motifs is 1. The predicted molar refractivity (Wildman–Crippen MR) is 113 cm³/mol. The molecule has 6 nitrogen and oxygen atoms in total. The number of aromatic nitrogens is 3. The summed E-state index contributed by atoms with van der Waals surface area (Å²) < 4.78 is 2.03. The Hall–Kier alpha value is -2.89. The Kier molecular flexibility index (Phi) is 5.85. The fourth-order valence-electron chi connectivity index (χ4n) is 4.04. The van der Waals surface area contributed by atoms with Crippen molar-refractivity contribution in [1.29, 1.82) is 0 Å². The maximum absolute atomic E-state index is 4.39. The zero-order valence-electron chi connectivity index (χ0n) is 16.4. The number of hydrogen-bond acceptors (Lipinski definition) is 3. The fraction of sp³-hybridized carbons (Fsp3) is 0.409. The number of benzene rings is 1. The van der Waals surface area contributed by atoms with E-state index in [4.69, 9.17) is 0 Å². The van der Waals surface area contributed by atoms with E-state index in [0.717, 1.165) is 30.4 Å². The first-order valence-electron chi connectivity index (χ1n) is 10.1. The summed E-state index contributed by atoms with van der Waals surface area (Å²) in [7, 11) is 1.83. The molecule has 2 heterocycles. The smallest absolute Gasteiger partial charge is 0.191 e. The van der Waals surface area contributed by atoms with Gasteiger partial charge in [0.05, 0.1) is 0 Å². The summed E-state index contributed by atoms with van der Waals surface area (Å²) >= 11 is 0. The Morgan fingerprint density at radius 3 is 2.61 bits per heavy atom. The third kappa shape index (κ3) is 4.32. The highest BCUT2D eigenvalue weighted by atomic mass is 15.2. The summed E-state index contributed by atoms with van der Waals surface area (Å²) in [5, 5.41) is 15.5. The molecule has 1 aromatic carbocycles. The van der Waals surface area contributed by atoms with Crippen molar-refractivity contribution in [3.05, 3.63) is 66.1 Å². The van der Waals surface area contributed by atoms with Crippen LogP contribution in [0, 0.1) is 0 Å². The largest absolute Gasteiger partial charge is 0.356 e. The van der Waals surface area contributed by atoms with Gasteiger partial charge in [-0.25, -0.2) is 0 Å². The van der Waals surface area contributed by atoms with Gasteiger partial charge in [-0.3, -0.25) is 9.39 Å². The molecule has 0 aliphatic heterocycles. The molecule has 4 rings (SSSR count). The van der Waals surface area contributed by atoms with Crippen molar-refractivity contribution in [3.63, 3.8) is 0 Å². The standard InChI is InChI=1S/C22H28N6/c1-23-22(24-15-14-21-27-26-20-9-5-6-16-28(20)21)25-19-12-10-18(11-13-19)17-7-3-2-4-8-17/h2-9,16,18-19H,10-15H2,1H3,(H2,23,24,25). The molecule has 3 aromatic rings. The molecule has 1 aliphatic rings. The normalized spacial score (nSPS) is 20.2. The summed E-state index contributed by atoms with van der Waals surface area (Å²) in [6, 6.07) is 17.3. The van der Waals surface area contributed by atoms with Crippen LogP contribution >= 0.6 is 0 Å². The lowest BCUT2D eigenvalue weighted by atomic mass is 9.82. The molecule has 1 fully saturated rings. The molecular formula is C22H28N6. The Morgan fingerprint density at radius 2 is 1.82 bits per heavy atom. The van der Waals surface area contributed by atoms with Crippen LogP contribution in [0.1, 0.15) is 43.0 Å². The van der Waals surface area contributed by atoms with Gasteiger partial charge in [0.1, 0.15) is 5.82 Å². The highest BCUT2D eigenvalue weighted by Gasteiger charge is 2.22. The number of nitrogens with zero attached hydrogens (tertiary/aromatic N) is 4. The number of nitrogens with one attached hydrogen (secondary N) is 2. The van der Waals surface area contributed by atoms with Gasteiger partial charge >= 0.3 is 0 Å². The first kappa shape index (κ1) is 18.5. The molecule has 2 aromatic heterocycles. The van der Waals surface area contributed by atoms with Crippen LogP contribution < -0.4 is 10.6 Å². The second kappa shape index (κ2) is 8.87. The van der Waals surface area contributed by atoms with E-state index in [1.54, 1.807) is 0 Å². The SMILES string of the molecule is CN=C(NCCc1nnc2ccccn12)NC1CCC(c2ccccc2)CC1. The van der Waals surface area contributed by atoms with E-state index in [0.29, 0.717) is 12.0 Å². The first-order chi connectivity index (χ1) is 13.8. The number of aliphatic imine (C=N–C) groups is 1. The lowest BCUT2D eigenvalue weighted by Gasteiger charge is -2.30. The Morgan fingerprint density at radius 1 is 1.04 bits per heavy atom. The maximum atomic E-state index is 4.39. The van der Waals surface area contributed by atoms with Gasteiger partial charge < -0.3 is 10.6 Å². The minimum Gasteiger partial charge on any atom is -0.356 e. The number of rotatable bonds is 5. The molecule has 0 amide bonds. The second-order valence-electron chi connectivity index (χ2n) is 7.40. The van der Waals surface area contributed by atoms with Crippen LogP contribution in [0.4, 0.5) is 0 Å². The van der Waals surface area contributed by atoms with Crippen LogP contribution in [0.15, 0.2) is 59.7 Å². The van der Waals surface area contributed by atoms with Crippen molar-refractivity contribution >= 4 is 11.6 Å². The van der Waals surface area contributed by atoms with Crippen molar-refractivity contribution < 1.29 is 0 Å². The fourth-order valence-corrected chi connectivity index (χ4v) is 4.04. The number of pyridine rings is 1. The third-order valence-electron chi connectivity index (χ3n) is 5.59. The molecule has 1 saturated carbocycles. The van der Waals surface area contributed by atoms with Crippen LogP contribution in [0.3, 0.4) is 0 Å². The molecule has 28 heavy (non-hydrogen) atoms. The Labute approximate surface area is 166 Å². The van der Waals surface area contributed by atoms with E-state index in [1.807, 2.05) is 35.8 Å². The lowest BCUT2D eigenvalue weighted by Crippen LogP contribution is -2.45. The lowest BCUT2D eigenvalue weighted by molar-refractivity contribution is 0.371. The molecule has 0 bridgehead atoms. The zero-order valence-corrected chi connectivity index (χ0v) is 16.4. The third-order valence-corrected chi connectivity index (χ3v) is 5.59. The average Bonchev–Trinajstić information content (AvgIpc) is 3.17. The molecule has 0 saturated heterocycles. The van der Waals surface area contributed by atoms with Crippen LogP contribution in [0.25, 0.3) is 5.65 Å². The predicted octanol–water partition coefficient (Wildman–Crippen LogP) is 3.16. The van der Waals surface area contributed by atoms with E-state index in [-0.39, 0.29) is 0 Å². The van der Waals surface area contributed by atoms with Gasteiger partial charge in [-0.15, -0.1) is 10.2 Å². The molecule has 0 atom stereocenters. The number of guanidine groups is 1. The first-order valence-corrected chi connectivity index (χ1v) is 10.1. The van der Waals surface area contributed by atoms with E-state index >= 15 is 0 Å². The van der Waals surface area contributed by atoms with Crippen molar-refractivity contribution in [2.45, 2.75) is 44.1 Å². The summed E-state index contributed by atoms with van der Waals surface area (Å²) in [4.78, 5) is 4.39. The van der Waals surface area contributed by atoms with Crippen LogP contribution in [-0.4, -0.2) is 40.2 Å². The quantitative estimate of drug-likeness (QED) is 0.530. The van der Waals surface area contributed by atoms with Gasteiger partial charge in [-0.05, 0) is 49.3 Å². The summed E-state index contributed by atoms with van der Waals surface area (Å²) in [5.74, 6) is 2.52. The molecule has 6 heteroatoms. The van der Waals surface area contributed by atoms with Gasteiger partial charge in [0.2, 0.25) is 0 Å². The van der Waals surface area contributed by atoms with E-state index < -0.39 is 0 Å². The van der Waals surface area contributed by atoms with Gasteiger partial charge in [0.15, 0.2) is 11.6 Å². The van der Waals surface area contributed by atoms with Gasteiger partial charge in [-0.1, -0.05) is 36.4 Å². The molecule has 0 radical (unpaired) electrons.